The fourth-order valence-corrected chi connectivity index (χ4v) is 2.04. The molecule has 0 aromatic carbocycles. The number of pyridine rings is 1. The van der Waals surface area contributed by atoms with Gasteiger partial charge in [0.05, 0.1) is 12.2 Å². The molecule has 0 aliphatic rings. The Bertz CT molecular complexity index is 610. The number of carboxylic acids is 1. The van der Waals surface area contributed by atoms with E-state index >= 15 is 0 Å². The fraction of sp³-hybridized carbons (Fsp3) is 0.533. The number of ether oxygens (including phenoxy) is 1. The summed E-state index contributed by atoms with van der Waals surface area (Å²) >= 11 is 0. The van der Waals surface area contributed by atoms with Crippen molar-refractivity contribution in [2.45, 2.75) is 38.8 Å². The van der Waals surface area contributed by atoms with Crippen molar-refractivity contribution in [1.29, 1.82) is 0 Å². The molecule has 1 unspecified atom stereocenters. The quantitative estimate of drug-likeness (QED) is 0.611. The molecule has 128 valence electrons. The number of carboxylic acid groups (broad SMARTS) is 1. The molecule has 0 saturated heterocycles. The van der Waals surface area contributed by atoms with E-state index in [0.29, 0.717) is 19.4 Å². The summed E-state index contributed by atoms with van der Waals surface area (Å²) in [5, 5.41) is 21.1. The number of carbonyl (C=O) groups excluding carboxylic acids is 1. The Morgan fingerprint density at radius 1 is 1.43 bits per heavy atom. The van der Waals surface area contributed by atoms with E-state index in [-0.39, 0.29) is 24.6 Å². The first-order valence-electron chi connectivity index (χ1n) is 7.30. The number of aromatic hydroxyl groups is 1. The van der Waals surface area contributed by atoms with Crippen LogP contribution < -0.4 is 10.9 Å². The molecule has 0 aliphatic heterocycles. The first-order valence-corrected chi connectivity index (χ1v) is 7.30. The second-order valence-electron chi connectivity index (χ2n) is 5.23. The van der Waals surface area contributed by atoms with Crippen LogP contribution in [0.2, 0.25) is 0 Å². The van der Waals surface area contributed by atoms with Gasteiger partial charge < -0.3 is 24.8 Å². The van der Waals surface area contributed by atoms with Crippen molar-refractivity contribution in [2.24, 2.45) is 0 Å². The Hall–Kier alpha value is -2.35. The molecule has 0 bridgehead atoms. The molecule has 0 aliphatic carbocycles. The third-order valence-corrected chi connectivity index (χ3v) is 3.33. The van der Waals surface area contributed by atoms with Crippen LogP contribution in [0, 0.1) is 0 Å². The number of hydrogen-bond acceptors (Lipinski definition) is 5. The van der Waals surface area contributed by atoms with Crippen LogP contribution >= 0.6 is 0 Å². The predicted octanol–water partition coefficient (Wildman–Crippen LogP) is 0.573. The molecule has 0 spiro atoms. The lowest BCUT2D eigenvalue weighted by molar-refractivity contribution is -0.137. The molecule has 8 nitrogen and oxygen atoms in total. The Labute approximate surface area is 133 Å². The second kappa shape index (κ2) is 8.94. The first-order chi connectivity index (χ1) is 10.9. The summed E-state index contributed by atoms with van der Waals surface area (Å²) in [4.78, 5) is 34.5. The molecule has 0 fully saturated rings. The van der Waals surface area contributed by atoms with Gasteiger partial charge in [-0.2, -0.15) is 0 Å². The van der Waals surface area contributed by atoms with E-state index in [1.807, 2.05) is 0 Å². The molecule has 23 heavy (non-hydrogen) atoms. The van der Waals surface area contributed by atoms with Gasteiger partial charge in [-0.05, 0) is 25.8 Å². The minimum Gasteiger partial charge on any atom is -0.502 e. The highest BCUT2D eigenvalue weighted by atomic mass is 16.5. The lowest BCUT2D eigenvalue weighted by atomic mass is 10.1. The van der Waals surface area contributed by atoms with Crippen molar-refractivity contribution in [3.05, 3.63) is 28.2 Å². The van der Waals surface area contributed by atoms with Crippen molar-refractivity contribution in [3.8, 4) is 5.75 Å². The summed E-state index contributed by atoms with van der Waals surface area (Å²) in [5.41, 5.74) is -0.762. The Kier molecular flexibility index (Phi) is 7.27. The summed E-state index contributed by atoms with van der Waals surface area (Å²) in [6.45, 7) is 2.32. The van der Waals surface area contributed by atoms with Crippen LogP contribution in [-0.4, -0.2) is 46.4 Å². The summed E-state index contributed by atoms with van der Waals surface area (Å²) in [6.07, 6.45) is 2.37. The van der Waals surface area contributed by atoms with E-state index in [2.05, 4.69) is 5.32 Å². The van der Waals surface area contributed by atoms with Crippen molar-refractivity contribution in [3.63, 3.8) is 0 Å². The van der Waals surface area contributed by atoms with Gasteiger partial charge in [-0.15, -0.1) is 0 Å². The van der Waals surface area contributed by atoms with Crippen molar-refractivity contribution >= 4 is 11.9 Å². The van der Waals surface area contributed by atoms with Gasteiger partial charge in [0.25, 0.3) is 11.5 Å². The Balaban J connectivity index is 2.71. The summed E-state index contributed by atoms with van der Waals surface area (Å²) in [6, 6.07) is 1.10. The van der Waals surface area contributed by atoms with Crippen LogP contribution in [0.25, 0.3) is 0 Å². The molecule has 3 N–H and O–H groups in total. The van der Waals surface area contributed by atoms with E-state index in [9.17, 15) is 19.5 Å². The third-order valence-electron chi connectivity index (χ3n) is 3.33. The van der Waals surface area contributed by atoms with Crippen LogP contribution in [0.1, 0.15) is 36.5 Å². The molecular formula is C15H22N2O6. The number of rotatable bonds is 9. The van der Waals surface area contributed by atoms with Crippen LogP contribution in [-0.2, 0) is 16.1 Å². The average Bonchev–Trinajstić information content (AvgIpc) is 2.48. The minimum absolute atomic E-state index is 0.0288. The van der Waals surface area contributed by atoms with E-state index < -0.39 is 23.2 Å². The van der Waals surface area contributed by atoms with Gasteiger partial charge in [0, 0.05) is 32.3 Å². The lowest BCUT2D eigenvalue weighted by Crippen LogP contribution is -2.34. The molecule has 1 rings (SSSR count). The maximum atomic E-state index is 12.1. The molecule has 8 heteroatoms. The molecule has 1 heterocycles. The lowest BCUT2D eigenvalue weighted by Gasteiger charge is -2.14. The van der Waals surface area contributed by atoms with Crippen molar-refractivity contribution in [2.75, 3.05) is 13.7 Å². The number of amides is 1. The number of nitrogens with zero attached hydrogens (tertiary/aromatic N) is 1. The third kappa shape index (κ3) is 5.74. The Morgan fingerprint density at radius 2 is 2.13 bits per heavy atom. The van der Waals surface area contributed by atoms with Crippen LogP contribution in [0.15, 0.2) is 17.1 Å². The van der Waals surface area contributed by atoms with Gasteiger partial charge in [0.15, 0.2) is 5.75 Å². The van der Waals surface area contributed by atoms with Crippen molar-refractivity contribution < 1.29 is 24.5 Å². The minimum atomic E-state index is -0.888. The van der Waals surface area contributed by atoms with Gasteiger partial charge >= 0.3 is 5.97 Å². The zero-order valence-corrected chi connectivity index (χ0v) is 13.2. The Morgan fingerprint density at radius 3 is 2.74 bits per heavy atom. The molecule has 1 aromatic rings. The van der Waals surface area contributed by atoms with Gasteiger partial charge in [-0.1, -0.05) is 0 Å². The molecule has 1 aromatic heterocycles. The van der Waals surface area contributed by atoms with Crippen LogP contribution in [0.3, 0.4) is 0 Å². The SMILES string of the molecule is COCCn1ccc(C(=O)NC(C)CCCC(=O)O)c(O)c1=O. The zero-order chi connectivity index (χ0) is 17.4. The average molecular weight is 326 g/mol. The van der Waals surface area contributed by atoms with E-state index in [1.165, 1.54) is 23.9 Å². The summed E-state index contributed by atoms with van der Waals surface area (Å²) in [7, 11) is 1.50. The maximum Gasteiger partial charge on any atom is 0.303 e. The summed E-state index contributed by atoms with van der Waals surface area (Å²) in [5.74, 6) is -2.07. The largest absolute Gasteiger partial charge is 0.502 e. The van der Waals surface area contributed by atoms with Gasteiger partial charge in [-0.25, -0.2) is 0 Å². The standard InChI is InChI=1S/C15H22N2O6/c1-10(4-3-5-12(18)19)16-14(21)11-6-7-17(8-9-23-2)15(22)13(11)20/h6-7,10,20H,3-5,8-9H2,1-2H3,(H,16,21)(H,18,19). The number of hydrogen-bond donors (Lipinski definition) is 3. The van der Waals surface area contributed by atoms with Crippen molar-refractivity contribution in [1.82, 2.24) is 9.88 Å². The highest BCUT2D eigenvalue weighted by molar-refractivity contribution is 5.96. The molecular weight excluding hydrogens is 304 g/mol. The zero-order valence-electron chi connectivity index (χ0n) is 13.2. The number of carbonyl (C=O) groups is 2. The van der Waals surface area contributed by atoms with E-state index in [0.717, 1.165) is 0 Å². The first kappa shape index (κ1) is 18.7. The number of aliphatic carboxylic acids is 1. The fourth-order valence-electron chi connectivity index (χ4n) is 2.04. The van der Waals surface area contributed by atoms with E-state index in [4.69, 9.17) is 9.84 Å². The topological polar surface area (TPSA) is 118 Å². The highest BCUT2D eigenvalue weighted by Gasteiger charge is 2.17. The van der Waals surface area contributed by atoms with Gasteiger partial charge in [0.2, 0.25) is 0 Å². The predicted molar refractivity (Wildman–Crippen MR) is 82.7 cm³/mol. The van der Waals surface area contributed by atoms with Crippen LogP contribution in [0.5, 0.6) is 5.75 Å². The molecule has 0 radical (unpaired) electrons. The summed E-state index contributed by atoms with van der Waals surface area (Å²) < 4.78 is 6.12. The smallest absolute Gasteiger partial charge is 0.303 e. The highest BCUT2D eigenvalue weighted by Crippen LogP contribution is 2.11. The van der Waals surface area contributed by atoms with E-state index in [1.54, 1.807) is 6.92 Å². The second-order valence-corrected chi connectivity index (χ2v) is 5.23. The molecule has 1 atom stereocenters. The molecule has 0 saturated carbocycles. The monoisotopic (exact) mass is 326 g/mol. The maximum absolute atomic E-state index is 12.1. The normalized spacial score (nSPS) is 11.9. The van der Waals surface area contributed by atoms with Crippen LogP contribution in [0.4, 0.5) is 0 Å². The number of nitrogens with one attached hydrogen (secondary N) is 1. The number of methoxy groups -OCH3 is 1. The van der Waals surface area contributed by atoms with Gasteiger partial charge in [0.1, 0.15) is 0 Å². The van der Waals surface area contributed by atoms with Gasteiger partial charge in [-0.3, -0.25) is 14.4 Å². The molecule has 1 amide bonds. The number of aromatic nitrogens is 1.